The van der Waals surface area contributed by atoms with Crippen LogP contribution in [0.5, 0.6) is 5.88 Å². The standard InChI is InChI=1S/C19H25N3O3/c1-15-20-17-6-3-2-5-16(17)18(21-15)23-12-4-9-22-10-7-19(8-11-22)24-13-14-25-19/h2-3,5-6H,4,7-14H2,1H3. The monoisotopic (exact) mass is 343 g/mol. The molecule has 2 aromatic rings. The highest BCUT2D eigenvalue weighted by atomic mass is 16.7. The summed E-state index contributed by atoms with van der Waals surface area (Å²) in [4.78, 5) is 11.4. The summed E-state index contributed by atoms with van der Waals surface area (Å²) in [5.74, 6) is 1.14. The predicted octanol–water partition coefficient (Wildman–Crippen LogP) is 2.55. The molecule has 1 spiro atoms. The van der Waals surface area contributed by atoms with E-state index in [9.17, 15) is 0 Å². The van der Waals surface area contributed by atoms with Crippen molar-refractivity contribution < 1.29 is 14.2 Å². The molecular formula is C19H25N3O3. The van der Waals surface area contributed by atoms with E-state index in [0.717, 1.165) is 68.8 Å². The fraction of sp³-hybridized carbons (Fsp3) is 0.579. The first-order chi connectivity index (χ1) is 12.2. The van der Waals surface area contributed by atoms with E-state index in [1.165, 1.54) is 0 Å². The van der Waals surface area contributed by atoms with Gasteiger partial charge >= 0.3 is 0 Å². The normalized spacial score (nSPS) is 20.4. The number of likely N-dealkylation sites (tertiary alicyclic amines) is 1. The van der Waals surface area contributed by atoms with Gasteiger partial charge in [0.1, 0.15) is 5.82 Å². The minimum Gasteiger partial charge on any atom is -0.477 e. The van der Waals surface area contributed by atoms with E-state index in [1.54, 1.807) is 0 Å². The number of ether oxygens (including phenoxy) is 3. The Kier molecular flexibility index (Phi) is 4.83. The van der Waals surface area contributed by atoms with Gasteiger partial charge in [-0.1, -0.05) is 12.1 Å². The molecule has 3 heterocycles. The van der Waals surface area contributed by atoms with Crippen molar-refractivity contribution in [2.75, 3.05) is 39.5 Å². The van der Waals surface area contributed by atoms with Crippen LogP contribution in [0.25, 0.3) is 10.9 Å². The second-order valence-electron chi connectivity index (χ2n) is 6.74. The van der Waals surface area contributed by atoms with Crippen molar-refractivity contribution in [2.45, 2.75) is 32.0 Å². The predicted molar refractivity (Wildman–Crippen MR) is 94.7 cm³/mol. The van der Waals surface area contributed by atoms with Crippen molar-refractivity contribution in [2.24, 2.45) is 0 Å². The second-order valence-corrected chi connectivity index (χ2v) is 6.74. The van der Waals surface area contributed by atoms with Crippen LogP contribution in [-0.2, 0) is 9.47 Å². The zero-order valence-corrected chi connectivity index (χ0v) is 14.7. The van der Waals surface area contributed by atoms with Gasteiger partial charge in [-0.3, -0.25) is 0 Å². The molecule has 0 amide bonds. The molecule has 0 unspecified atom stereocenters. The van der Waals surface area contributed by atoms with Crippen LogP contribution in [-0.4, -0.2) is 60.1 Å². The summed E-state index contributed by atoms with van der Waals surface area (Å²) in [5.41, 5.74) is 0.933. The van der Waals surface area contributed by atoms with Gasteiger partial charge in [-0.2, -0.15) is 4.98 Å². The molecule has 134 valence electrons. The van der Waals surface area contributed by atoms with Crippen molar-refractivity contribution >= 4 is 10.9 Å². The highest BCUT2D eigenvalue weighted by molar-refractivity contribution is 5.83. The van der Waals surface area contributed by atoms with Gasteiger partial charge in [-0.15, -0.1) is 0 Å². The molecule has 2 fully saturated rings. The van der Waals surface area contributed by atoms with Crippen LogP contribution in [0.1, 0.15) is 25.1 Å². The summed E-state index contributed by atoms with van der Waals surface area (Å²) < 4.78 is 17.5. The topological polar surface area (TPSA) is 56.7 Å². The number of para-hydroxylation sites is 1. The Morgan fingerprint density at radius 2 is 1.88 bits per heavy atom. The molecule has 2 aliphatic heterocycles. The number of hydrogen-bond acceptors (Lipinski definition) is 6. The zero-order valence-electron chi connectivity index (χ0n) is 14.7. The zero-order chi connectivity index (χ0) is 17.1. The number of aryl methyl sites for hydroxylation is 1. The first kappa shape index (κ1) is 16.7. The summed E-state index contributed by atoms with van der Waals surface area (Å²) in [6.07, 6.45) is 2.90. The third kappa shape index (κ3) is 3.76. The molecule has 25 heavy (non-hydrogen) atoms. The summed E-state index contributed by atoms with van der Waals surface area (Å²) >= 11 is 0. The largest absolute Gasteiger partial charge is 0.477 e. The van der Waals surface area contributed by atoms with Gasteiger partial charge in [0, 0.05) is 32.5 Å². The molecule has 4 rings (SSSR count). The third-order valence-electron chi connectivity index (χ3n) is 4.97. The van der Waals surface area contributed by atoms with E-state index in [2.05, 4.69) is 14.9 Å². The third-order valence-corrected chi connectivity index (χ3v) is 4.97. The Morgan fingerprint density at radius 1 is 1.12 bits per heavy atom. The summed E-state index contributed by atoms with van der Waals surface area (Å²) in [6.45, 7) is 7.11. The Morgan fingerprint density at radius 3 is 2.68 bits per heavy atom. The van der Waals surface area contributed by atoms with Crippen LogP contribution in [0, 0.1) is 6.92 Å². The minimum absolute atomic E-state index is 0.287. The van der Waals surface area contributed by atoms with Gasteiger partial charge in [0.2, 0.25) is 5.88 Å². The summed E-state index contributed by atoms with van der Waals surface area (Å²) in [5, 5.41) is 0.976. The van der Waals surface area contributed by atoms with Crippen LogP contribution in [0.2, 0.25) is 0 Å². The average Bonchev–Trinajstić information content (AvgIpc) is 3.08. The Labute approximate surface area is 148 Å². The molecular weight excluding hydrogens is 318 g/mol. The molecule has 2 aliphatic rings. The number of nitrogens with zero attached hydrogens (tertiary/aromatic N) is 3. The van der Waals surface area contributed by atoms with E-state index in [0.29, 0.717) is 12.5 Å². The molecule has 6 heteroatoms. The molecule has 6 nitrogen and oxygen atoms in total. The molecule has 1 aromatic heterocycles. The molecule has 0 bridgehead atoms. The number of benzene rings is 1. The number of rotatable bonds is 5. The van der Waals surface area contributed by atoms with Crippen molar-refractivity contribution in [3.8, 4) is 5.88 Å². The van der Waals surface area contributed by atoms with Crippen molar-refractivity contribution in [1.82, 2.24) is 14.9 Å². The Balaban J connectivity index is 1.26. The lowest BCUT2D eigenvalue weighted by atomic mass is 10.0. The quantitative estimate of drug-likeness (QED) is 0.778. The average molecular weight is 343 g/mol. The van der Waals surface area contributed by atoms with Crippen LogP contribution >= 0.6 is 0 Å². The maximum Gasteiger partial charge on any atom is 0.224 e. The second kappa shape index (κ2) is 7.23. The Hall–Kier alpha value is -1.76. The van der Waals surface area contributed by atoms with Crippen molar-refractivity contribution in [3.05, 3.63) is 30.1 Å². The van der Waals surface area contributed by atoms with Gasteiger partial charge in [0.15, 0.2) is 5.79 Å². The first-order valence-electron chi connectivity index (χ1n) is 9.11. The van der Waals surface area contributed by atoms with E-state index in [-0.39, 0.29) is 5.79 Å². The smallest absolute Gasteiger partial charge is 0.224 e. The lowest BCUT2D eigenvalue weighted by Crippen LogP contribution is -2.45. The lowest BCUT2D eigenvalue weighted by Gasteiger charge is -2.37. The highest BCUT2D eigenvalue weighted by Crippen LogP contribution is 2.31. The number of fused-ring (bicyclic) bond motifs is 1. The summed E-state index contributed by atoms with van der Waals surface area (Å²) in [7, 11) is 0. The minimum atomic E-state index is -0.287. The molecule has 1 aromatic carbocycles. The van der Waals surface area contributed by atoms with Crippen LogP contribution in [0.15, 0.2) is 24.3 Å². The van der Waals surface area contributed by atoms with Gasteiger partial charge in [-0.05, 0) is 25.5 Å². The van der Waals surface area contributed by atoms with Gasteiger partial charge < -0.3 is 19.1 Å². The van der Waals surface area contributed by atoms with Crippen molar-refractivity contribution in [3.63, 3.8) is 0 Å². The van der Waals surface area contributed by atoms with E-state index < -0.39 is 0 Å². The number of piperidine rings is 1. The van der Waals surface area contributed by atoms with Crippen LogP contribution < -0.4 is 4.74 Å². The van der Waals surface area contributed by atoms with E-state index >= 15 is 0 Å². The maximum atomic E-state index is 5.96. The fourth-order valence-electron chi connectivity index (χ4n) is 3.63. The molecule has 2 saturated heterocycles. The Bertz CT molecular complexity index is 721. The number of aromatic nitrogens is 2. The van der Waals surface area contributed by atoms with Gasteiger partial charge in [-0.25, -0.2) is 4.98 Å². The van der Waals surface area contributed by atoms with Crippen LogP contribution in [0.3, 0.4) is 0 Å². The molecule has 0 saturated carbocycles. The SMILES string of the molecule is Cc1nc(OCCCN2CCC3(CC2)OCCO3)c2ccccc2n1. The highest BCUT2D eigenvalue weighted by Gasteiger charge is 2.39. The van der Waals surface area contributed by atoms with E-state index in [4.69, 9.17) is 14.2 Å². The lowest BCUT2D eigenvalue weighted by molar-refractivity contribution is -0.185. The maximum absolute atomic E-state index is 5.96. The molecule has 0 radical (unpaired) electrons. The van der Waals surface area contributed by atoms with E-state index in [1.807, 2.05) is 31.2 Å². The molecule has 0 aliphatic carbocycles. The number of hydrogen-bond donors (Lipinski definition) is 0. The van der Waals surface area contributed by atoms with Gasteiger partial charge in [0.25, 0.3) is 0 Å². The first-order valence-corrected chi connectivity index (χ1v) is 9.11. The van der Waals surface area contributed by atoms with Crippen LogP contribution in [0.4, 0.5) is 0 Å². The van der Waals surface area contributed by atoms with Crippen molar-refractivity contribution in [1.29, 1.82) is 0 Å². The molecule has 0 atom stereocenters. The molecule has 0 N–H and O–H groups in total. The van der Waals surface area contributed by atoms with Gasteiger partial charge in [0.05, 0.1) is 30.7 Å². The summed E-state index contributed by atoms with van der Waals surface area (Å²) in [6, 6.07) is 7.98. The fourth-order valence-corrected chi connectivity index (χ4v) is 3.63.